The van der Waals surface area contributed by atoms with E-state index >= 15 is 0 Å². The van der Waals surface area contributed by atoms with E-state index in [9.17, 15) is 9.90 Å². The van der Waals surface area contributed by atoms with E-state index in [2.05, 4.69) is 9.97 Å². The molecule has 0 atom stereocenters. The molecule has 0 aliphatic heterocycles. The number of hydrogen-bond acceptors (Lipinski definition) is 5. The molecule has 5 nitrogen and oxygen atoms in total. The molecule has 1 heterocycles. The van der Waals surface area contributed by atoms with Crippen LogP contribution in [-0.4, -0.2) is 15.9 Å². The number of halogens is 1. The summed E-state index contributed by atoms with van der Waals surface area (Å²) in [5, 5.41) is 10.5. The smallest absolute Gasteiger partial charge is 0.543 e. The summed E-state index contributed by atoms with van der Waals surface area (Å²) in [6.45, 7) is 0. The number of aromatic nitrogens is 2. The van der Waals surface area contributed by atoms with Gasteiger partial charge in [-0.1, -0.05) is 11.6 Å². The van der Waals surface area contributed by atoms with Crippen molar-refractivity contribution in [3.63, 3.8) is 0 Å². The van der Waals surface area contributed by atoms with Gasteiger partial charge in [0.05, 0.1) is 5.97 Å². The second kappa shape index (κ2) is 4.65. The minimum absolute atomic E-state index is 0. The molecular formula is C8H7ClN3NaO2. The molecule has 1 aromatic heterocycles. The zero-order valence-corrected chi connectivity index (χ0v) is 10.9. The molecule has 0 unspecified atom stereocenters. The van der Waals surface area contributed by atoms with E-state index in [0.717, 1.165) is 12.8 Å². The Morgan fingerprint density at radius 1 is 1.47 bits per heavy atom. The number of rotatable bonds is 2. The zero-order chi connectivity index (χ0) is 10.3. The van der Waals surface area contributed by atoms with Crippen molar-refractivity contribution in [2.45, 2.75) is 18.8 Å². The summed E-state index contributed by atoms with van der Waals surface area (Å²) in [7, 11) is 0. The van der Waals surface area contributed by atoms with E-state index in [-0.39, 0.29) is 52.0 Å². The van der Waals surface area contributed by atoms with Crippen LogP contribution in [-0.2, 0) is 0 Å². The maximum atomic E-state index is 10.6. The molecule has 2 N–H and O–H groups in total. The normalized spacial score (nSPS) is 14.5. The van der Waals surface area contributed by atoms with Gasteiger partial charge in [-0.3, -0.25) is 0 Å². The third kappa shape index (κ3) is 2.60. The van der Waals surface area contributed by atoms with Crippen molar-refractivity contribution in [1.29, 1.82) is 0 Å². The van der Waals surface area contributed by atoms with E-state index < -0.39 is 5.97 Å². The molecule has 1 aromatic rings. The minimum atomic E-state index is -1.42. The van der Waals surface area contributed by atoms with Gasteiger partial charge in [-0.25, -0.2) is 9.97 Å². The number of nitrogens with two attached hydrogens (primary N) is 1. The standard InChI is InChI=1S/C8H8ClN3O2.Na/c9-4-5(8(13)14)11-7(3-1-2-3)12-6(4)10;/h3H,1-2H2,(H,13,14)(H2,10,11,12);/q;+1/p-1. The van der Waals surface area contributed by atoms with Crippen LogP contribution in [0.2, 0.25) is 5.02 Å². The first-order valence-electron chi connectivity index (χ1n) is 4.14. The van der Waals surface area contributed by atoms with Crippen molar-refractivity contribution in [2.24, 2.45) is 0 Å². The van der Waals surface area contributed by atoms with Crippen LogP contribution in [0.15, 0.2) is 0 Å². The monoisotopic (exact) mass is 235 g/mol. The first kappa shape index (κ1) is 12.7. The number of carbonyl (C=O) groups is 1. The fourth-order valence-corrected chi connectivity index (χ4v) is 1.30. The topological polar surface area (TPSA) is 91.9 Å². The molecule has 0 amide bonds. The van der Waals surface area contributed by atoms with Crippen molar-refractivity contribution < 1.29 is 39.5 Å². The molecule has 0 radical (unpaired) electrons. The molecule has 0 bridgehead atoms. The van der Waals surface area contributed by atoms with E-state index in [1.165, 1.54) is 0 Å². The van der Waals surface area contributed by atoms with Crippen molar-refractivity contribution in [1.82, 2.24) is 9.97 Å². The van der Waals surface area contributed by atoms with Crippen molar-refractivity contribution in [3.8, 4) is 0 Å². The summed E-state index contributed by atoms with van der Waals surface area (Å²) in [5.41, 5.74) is 5.13. The molecule has 74 valence electrons. The fraction of sp³-hybridized carbons (Fsp3) is 0.375. The molecule has 1 saturated carbocycles. The Morgan fingerprint density at radius 3 is 2.53 bits per heavy atom. The van der Waals surface area contributed by atoms with Gasteiger partial charge in [-0.15, -0.1) is 0 Å². The van der Waals surface area contributed by atoms with Crippen molar-refractivity contribution >= 4 is 23.4 Å². The first-order chi connectivity index (χ1) is 6.59. The number of nitrogen functional groups attached to an aromatic ring is 1. The molecule has 15 heavy (non-hydrogen) atoms. The second-order valence-corrected chi connectivity index (χ2v) is 3.57. The number of carboxylic acids is 1. The van der Waals surface area contributed by atoms with Crippen LogP contribution >= 0.6 is 11.6 Å². The minimum Gasteiger partial charge on any atom is -0.543 e. The molecule has 2 rings (SSSR count). The molecule has 1 aliphatic rings. The van der Waals surface area contributed by atoms with Gasteiger partial charge < -0.3 is 15.6 Å². The summed E-state index contributed by atoms with van der Waals surface area (Å²) in [6.07, 6.45) is 1.93. The molecule has 7 heteroatoms. The van der Waals surface area contributed by atoms with Crippen LogP contribution in [0.5, 0.6) is 0 Å². The number of carbonyl (C=O) groups excluding carboxylic acids is 1. The number of hydrogen-bond donors (Lipinski definition) is 1. The van der Waals surface area contributed by atoms with Crippen molar-refractivity contribution in [2.75, 3.05) is 5.73 Å². The third-order valence-corrected chi connectivity index (χ3v) is 2.40. The molecule has 0 saturated heterocycles. The summed E-state index contributed by atoms with van der Waals surface area (Å²) in [6, 6.07) is 0. The molecular weight excluding hydrogens is 229 g/mol. The predicted octanol–water partition coefficient (Wildman–Crippen LogP) is -3.04. The van der Waals surface area contributed by atoms with Gasteiger partial charge in [-0.2, -0.15) is 0 Å². The van der Waals surface area contributed by atoms with Gasteiger partial charge in [0.1, 0.15) is 22.4 Å². The van der Waals surface area contributed by atoms with Crippen LogP contribution < -0.4 is 40.4 Å². The van der Waals surface area contributed by atoms with E-state index in [1.807, 2.05) is 0 Å². The zero-order valence-electron chi connectivity index (χ0n) is 8.16. The molecule has 1 fully saturated rings. The number of nitrogens with zero attached hydrogens (tertiary/aromatic N) is 2. The van der Waals surface area contributed by atoms with E-state index in [4.69, 9.17) is 17.3 Å². The quantitative estimate of drug-likeness (QED) is 0.550. The number of aromatic carboxylic acids is 1. The fourth-order valence-electron chi connectivity index (χ4n) is 1.14. The molecule has 1 aliphatic carbocycles. The largest absolute Gasteiger partial charge is 1.00 e. The SMILES string of the molecule is Nc1nc(C2CC2)nc(C(=O)[O-])c1Cl.[Na+]. The third-order valence-electron chi connectivity index (χ3n) is 2.03. The summed E-state index contributed by atoms with van der Waals surface area (Å²) in [5.74, 6) is -0.743. The van der Waals surface area contributed by atoms with Crippen LogP contribution in [0.25, 0.3) is 0 Å². The van der Waals surface area contributed by atoms with Gasteiger partial charge >= 0.3 is 29.6 Å². The average molecular weight is 236 g/mol. The Hall–Kier alpha value is -0.360. The molecule has 0 aromatic carbocycles. The van der Waals surface area contributed by atoms with Gasteiger partial charge in [0.2, 0.25) is 0 Å². The van der Waals surface area contributed by atoms with Crippen LogP contribution in [0.1, 0.15) is 35.1 Å². The number of carboxylic acid groups (broad SMARTS) is 1. The Labute approximate surface area is 113 Å². The second-order valence-electron chi connectivity index (χ2n) is 3.19. The van der Waals surface area contributed by atoms with Gasteiger partial charge in [0.25, 0.3) is 0 Å². The number of anilines is 1. The van der Waals surface area contributed by atoms with Crippen molar-refractivity contribution in [3.05, 3.63) is 16.5 Å². The Kier molecular flexibility index (Phi) is 3.94. The maximum Gasteiger partial charge on any atom is 1.00 e. The Morgan fingerprint density at radius 2 is 2.07 bits per heavy atom. The first-order valence-corrected chi connectivity index (χ1v) is 4.51. The summed E-state index contributed by atoms with van der Waals surface area (Å²) < 4.78 is 0. The Balaban J connectivity index is 0.00000112. The Bertz CT molecular complexity index is 409. The van der Waals surface area contributed by atoms with E-state index in [0.29, 0.717) is 5.82 Å². The van der Waals surface area contributed by atoms with Crippen LogP contribution in [0.4, 0.5) is 5.82 Å². The summed E-state index contributed by atoms with van der Waals surface area (Å²) in [4.78, 5) is 18.4. The predicted molar refractivity (Wildman–Crippen MR) is 47.8 cm³/mol. The summed E-state index contributed by atoms with van der Waals surface area (Å²) >= 11 is 5.61. The van der Waals surface area contributed by atoms with Crippen LogP contribution in [0.3, 0.4) is 0 Å². The van der Waals surface area contributed by atoms with Crippen LogP contribution in [0, 0.1) is 0 Å². The molecule has 0 spiro atoms. The maximum absolute atomic E-state index is 10.6. The average Bonchev–Trinajstić information content (AvgIpc) is 2.91. The van der Waals surface area contributed by atoms with E-state index in [1.54, 1.807) is 0 Å². The van der Waals surface area contributed by atoms with Gasteiger partial charge in [0.15, 0.2) is 0 Å². The van der Waals surface area contributed by atoms with Gasteiger partial charge in [-0.05, 0) is 12.8 Å². The van der Waals surface area contributed by atoms with Gasteiger partial charge in [0, 0.05) is 5.92 Å².